The second-order valence-corrected chi connectivity index (χ2v) is 3.71. The number of ether oxygens (including phenoxy) is 1. The minimum absolute atomic E-state index is 0.205. The second-order valence-electron chi connectivity index (χ2n) is 3.71. The van der Waals surface area contributed by atoms with E-state index >= 15 is 0 Å². The molecule has 18 heavy (non-hydrogen) atoms. The number of amides is 1. The van der Waals surface area contributed by atoms with Gasteiger partial charge in [0.25, 0.3) is 0 Å². The van der Waals surface area contributed by atoms with E-state index in [1.165, 1.54) is 6.92 Å². The summed E-state index contributed by atoms with van der Waals surface area (Å²) >= 11 is 0. The number of alkyl halides is 3. The van der Waals surface area contributed by atoms with Gasteiger partial charge in [-0.1, -0.05) is 12.1 Å². The molecule has 100 valence electrons. The van der Waals surface area contributed by atoms with Crippen LogP contribution in [0.15, 0.2) is 24.3 Å². The molecule has 0 spiro atoms. The van der Waals surface area contributed by atoms with Gasteiger partial charge >= 0.3 is 12.3 Å². The molecule has 3 N–H and O–H groups in total. The number of aliphatic hydroxyl groups excluding tert-OH is 1. The molecular formula is C11H12F3NO3. The highest BCUT2D eigenvalue weighted by Crippen LogP contribution is 2.30. The van der Waals surface area contributed by atoms with Gasteiger partial charge in [-0.2, -0.15) is 13.2 Å². The van der Waals surface area contributed by atoms with Crippen LogP contribution in [0.2, 0.25) is 0 Å². The van der Waals surface area contributed by atoms with Crippen molar-refractivity contribution in [2.45, 2.75) is 25.3 Å². The third-order valence-electron chi connectivity index (χ3n) is 2.33. The van der Waals surface area contributed by atoms with Gasteiger partial charge < -0.3 is 15.6 Å². The Morgan fingerprint density at radius 3 is 2.22 bits per heavy atom. The Labute approximate surface area is 101 Å². The van der Waals surface area contributed by atoms with Crippen LogP contribution in [0.1, 0.15) is 24.2 Å². The summed E-state index contributed by atoms with van der Waals surface area (Å²) in [7, 11) is 0. The fourth-order valence-electron chi connectivity index (χ4n) is 1.39. The van der Waals surface area contributed by atoms with Gasteiger partial charge in [0, 0.05) is 0 Å². The number of nitrogens with two attached hydrogens (primary N) is 1. The fraction of sp³-hybridized carbons (Fsp3) is 0.364. The summed E-state index contributed by atoms with van der Waals surface area (Å²) in [4.78, 5) is 10.5. The van der Waals surface area contributed by atoms with Crippen molar-refractivity contribution in [2.75, 3.05) is 0 Å². The number of aliphatic hydroxyl groups is 1. The van der Waals surface area contributed by atoms with E-state index in [0.717, 1.165) is 24.3 Å². The average molecular weight is 263 g/mol. The van der Waals surface area contributed by atoms with E-state index < -0.39 is 30.0 Å². The summed E-state index contributed by atoms with van der Waals surface area (Å²) < 4.78 is 41.4. The fourth-order valence-corrected chi connectivity index (χ4v) is 1.39. The van der Waals surface area contributed by atoms with Crippen LogP contribution < -0.4 is 5.73 Å². The number of carbonyl (C=O) groups excluding carboxylic acids is 1. The molecule has 0 heterocycles. The molecule has 0 fully saturated rings. The lowest BCUT2D eigenvalue weighted by Gasteiger charge is -2.19. The highest BCUT2D eigenvalue weighted by Gasteiger charge is 2.30. The average Bonchev–Trinajstić information content (AvgIpc) is 2.26. The maximum Gasteiger partial charge on any atom is 0.416 e. The summed E-state index contributed by atoms with van der Waals surface area (Å²) in [5, 5.41) is 9.72. The molecule has 0 bridgehead atoms. The largest absolute Gasteiger partial charge is 0.444 e. The number of rotatable bonds is 3. The molecule has 1 amide bonds. The van der Waals surface area contributed by atoms with Gasteiger partial charge in [0.1, 0.15) is 12.2 Å². The molecule has 0 unspecified atom stereocenters. The van der Waals surface area contributed by atoms with E-state index in [0.29, 0.717) is 0 Å². The zero-order valence-corrected chi connectivity index (χ0v) is 9.44. The van der Waals surface area contributed by atoms with Crippen molar-refractivity contribution in [3.63, 3.8) is 0 Å². The van der Waals surface area contributed by atoms with Crippen molar-refractivity contribution < 1.29 is 27.8 Å². The number of hydrogen-bond acceptors (Lipinski definition) is 3. The second kappa shape index (κ2) is 5.26. The zero-order chi connectivity index (χ0) is 13.9. The lowest BCUT2D eigenvalue weighted by atomic mass is 10.0. The van der Waals surface area contributed by atoms with Crippen LogP contribution in [0.4, 0.5) is 18.0 Å². The van der Waals surface area contributed by atoms with E-state index in [2.05, 4.69) is 4.74 Å². The van der Waals surface area contributed by atoms with Gasteiger partial charge in [-0.25, -0.2) is 4.79 Å². The Hall–Kier alpha value is -1.76. The van der Waals surface area contributed by atoms with Crippen molar-refractivity contribution in [1.29, 1.82) is 0 Å². The standard InChI is InChI=1S/C11H12F3NO3/c1-6(18-10(15)17)9(16)7-2-4-8(5-3-7)11(12,13)14/h2-6,9,16H,1H3,(H2,15,17)/t6-,9+/m0/s1. The monoisotopic (exact) mass is 263 g/mol. The number of hydrogen-bond donors (Lipinski definition) is 2. The molecule has 0 radical (unpaired) electrons. The van der Waals surface area contributed by atoms with Crippen molar-refractivity contribution >= 4 is 6.09 Å². The van der Waals surface area contributed by atoms with E-state index in [9.17, 15) is 23.1 Å². The third-order valence-corrected chi connectivity index (χ3v) is 2.33. The minimum Gasteiger partial charge on any atom is -0.444 e. The first-order chi connectivity index (χ1) is 8.21. The molecule has 0 aromatic heterocycles. The van der Waals surface area contributed by atoms with E-state index in [4.69, 9.17) is 5.73 Å². The number of carbonyl (C=O) groups is 1. The van der Waals surface area contributed by atoms with Crippen LogP contribution in [0.5, 0.6) is 0 Å². The van der Waals surface area contributed by atoms with Crippen LogP contribution >= 0.6 is 0 Å². The Balaban J connectivity index is 2.82. The van der Waals surface area contributed by atoms with Crippen LogP contribution in [-0.2, 0) is 10.9 Å². The Bertz CT molecular complexity index is 417. The van der Waals surface area contributed by atoms with E-state index in [1.807, 2.05) is 0 Å². The van der Waals surface area contributed by atoms with Crippen LogP contribution in [0, 0.1) is 0 Å². The van der Waals surface area contributed by atoms with Gasteiger partial charge in [0.15, 0.2) is 0 Å². The molecular weight excluding hydrogens is 251 g/mol. The van der Waals surface area contributed by atoms with Gasteiger partial charge in [-0.3, -0.25) is 0 Å². The van der Waals surface area contributed by atoms with Crippen molar-refractivity contribution in [1.82, 2.24) is 0 Å². The highest BCUT2D eigenvalue weighted by molar-refractivity contribution is 5.64. The SMILES string of the molecule is C[C@H](OC(N)=O)[C@@H](O)c1ccc(C(F)(F)F)cc1. The summed E-state index contributed by atoms with van der Waals surface area (Å²) in [6.07, 6.45) is -7.67. The molecule has 0 saturated heterocycles. The molecule has 0 aliphatic heterocycles. The smallest absolute Gasteiger partial charge is 0.416 e. The predicted molar refractivity (Wildman–Crippen MR) is 56.5 cm³/mol. The van der Waals surface area contributed by atoms with Crippen LogP contribution in [-0.4, -0.2) is 17.3 Å². The maximum absolute atomic E-state index is 12.3. The van der Waals surface area contributed by atoms with Gasteiger partial charge in [0.05, 0.1) is 5.56 Å². The first-order valence-corrected chi connectivity index (χ1v) is 5.03. The maximum atomic E-state index is 12.3. The molecule has 1 aromatic rings. The number of halogens is 3. The molecule has 0 saturated carbocycles. The Morgan fingerprint density at radius 1 is 1.33 bits per heavy atom. The van der Waals surface area contributed by atoms with Crippen molar-refractivity contribution in [2.24, 2.45) is 5.73 Å². The summed E-state index contributed by atoms with van der Waals surface area (Å²) in [5.41, 5.74) is 4.16. The summed E-state index contributed by atoms with van der Waals surface area (Å²) in [6.45, 7) is 1.38. The molecule has 7 heteroatoms. The van der Waals surface area contributed by atoms with Gasteiger partial charge in [0.2, 0.25) is 0 Å². The molecule has 1 aromatic carbocycles. The van der Waals surface area contributed by atoms with Crippen molar-refractivity contribution in [3.8, 4) is 0 Å². The van der Waals surface area contributed by atoms with Gasteiger partial charge in [-0.05, 0) is 24.6 Å². The summed E-state index contributed by atoms with van der Waals surface area (Å²) in [6, 6.07) is 3.92. The van der Waals surface area contributed by atoms with Crippen LogP contribution in [0.3, 0.4) is 0 Å². The predicted octanol–water partition coefficient (Wildman–Crippen LogP) is 2.22. The number of primary amides is 1. The highest BCUT2D eigenvalue weighted by atomic mass is 19.4. The van der Waals surface area contributed by atoms with Crippen molar-refractivity contribution in [3.05, 3.63) is 35.4 Å². The van der Waals surface area contributed by atoms with Gasteiger partial charge in [-0.15, -0.1) is 0 Å². The van der Waals surface area contributed by atoms with E-state index in [1.54, 1.807) is 0 Å². The first-order valence-electron chi connectivity index (χ1n) is 5.03. The quantitative estimate of drug-likeness (QED) is 0.878. The van der Waals surface area contributed by atoms with Crippen LogP contribution in [0.25, 0.3) is 0 Å². The lowest BCUT2D eigenvalue weighted by Crippen LogP contribution is -2.25. The molecule has 0 aliphatic carbocycles. The lowest BCUT2D eigenvalue weighted by molar-refractivity contribution is -0.137. The minimum atomic E-state index is -4.43. The first kappa shape index (κ1) is 14.3. The van der Waals surface area contributed by atoms with E-state index in [-0.39, 0.29) is 5.56 Å². The number of benzene rings is 1. The summed E-state index contributed by atoms with van der Waals surface area (Å²) in [5.74, 6) is 0. The Kier molecular flexibility index (Phi) is 4.18. The molecule has 1 rings (SSSR count). The molecule has 2 atom stereocenters. The normalized spacial score (nSPS) is 14.9. The molecule has 4 nitrogen and oxygen atoms in total. The third kappa shape index (κ3) is 3.63. The molecule has 0 aliphatic rings. The topological polar surface area (TPSA) is 72.5 Å². The zero-order valence-electron chi connectivity index (χ0n) is 9.44. The Morgan fingerprint density at radius 2 is 1.83 bits per heavy atom.